The predicted molar refractivity (Wildman–Crippen MR) is 84.4 cm³/mol. The first-order chi connectivity index (χ1) is 11.1. The fourth-order valence-corrected chi connectivity index (χ4v) is 2.83. The molecule has 0 aliphatic heterocycles. The Balaban J connectivity index is 2.05. The van der Waals surface area contributed by atoms with Crippen molar-refractivity contribution in [1.29, 1.82) is 0 Å². The Hall–Kier alpha value is -2.09. The van der Waals surface area contributed by atoms with Crippen LogP contribution < -0.4 is 0 Å². The number of halogens is 2. The Kier molecular flexibility index (Phi) is 4.51. The van der Waals surface area contributed by atoms with Crippen molar-refractivity contribution < 1.29 is 13.2 Å². The van der Waals surface area contributed by atoms with E-state index in [0.717, 1.165) is 0 Å². The molecule has 1 unspecified atom stereocenters. The molecular weight excluding hydrogens is 341 g/mol. The second-order valence-electron chi connectivity index (χ2n) is 4.69. The van der Waals surface area contributed by atoms with Crippen LogP contribution in [-0.2, 0) is 16.8 Å². The van der Waals surface area contributed by atoms with Crippen LogP contribution in [0.3, 0.4) is 0 Å². The summed E-state index contributed by atoms with van der Waals surface area (Å²) in [5, 5.41) is 0.167. The molecule has 0 saturated carbocycles. The molecule has 3 rings (SSSR count). The van der Waals surface area contributed by atoms with Crippen molar-refractivity contribution >= 4 is 22.7 Å². The molecule has 0 radical (unpaired) electrons. The topological polar surface area (TPSA) is 70.8 Å². The van der Waals surface area contributed by atoms with Crippen LogP contribution in [0, 0.1) is 5.82 Å². The highest BCUT2D eigenvalue weighted by Gasteiger charge is 2.16. The zero-order chi connectivity index (χ0) is 16.4. The first kappa shape index (κ1) is 15.8. The monoisotopic (exact) mass is 350 g/mol. The van der Waals surface area contributed by atoms with Gasteiger partial charge in [0.15, 0.2) is 5.15 Å². The Labute approximate surface area is 139 Å². The molecule has 0 bridgehead atoms. The summed E-state index contributed by atoms with van der Waals surface area (Å²) in [6.45, 7) is 0. The second-order valence-corrected chi connectivity index (χ2v) is 5.94. The molecule has 1 aromatic carbocycles. The normalized spacial score (nSPS) is 12.3. The maximum atomic E-state index is 14.1. The van der Waals surface area contributed by atoms with Gasteiger partial charge < -0.3 is 4.55 Å². The summed E-state index contributed by atoms with van der Waals surface area (Å²) in [4.78, 5) is 8.10. The van der Waals surface area contributed by atoms with Gasteiger partial charge in [-0.1, -0.05) is 23.7 Å². The lowest BCUT2D eigenvalue weighted by Gasteiger charge is -2.10. The maximum Gasteiger partial charge on any atom is 0.155 e. The summed E-state index contributed by atoms with van der Waals surface area (Å²) in [7, 11) is 0. The van der Waals surface area contributed by atoms with E-state index >= 15 is 0 Å². The molecule has 23 heavy (non-hydrogen) atoms. The number of hydrogen-bond acceptors (Lipinski definition) is 4. The van der Waals surface area contributed by atoms with Gasteiger partial charge in [-0.2, -0.15) is 0 Å². The van der Waals surface area contributed by atoms with Crippen LogP contribution in [0.5, 0.6) is 0 Å². The van der Waals surface area contributed by atoms with Crippen molar-refractivity contribution in [1.82, 2.24) is 14.5 Å². The van der Waals surface area contributed by atoms with Gasteiger partial charge in [-0.25, -0.2) is 9.37 Å². The number of aromatic nitrogens is 3. The van der Waals surface area contributed by atoms with Crippen LogP contribution in [0.25, 0.3) is 16.9 Å². The lowest BCUT2D eigenvalue weighted by molar-refractivity contribution is 0.535. The third kappa shape index (κ3) is 3.31. The molecule has 2 heterocycles. The van der Waals surface area contributed by atoms with Crippen LogP contribution in [0.4, 0.5) is 4.39 Å². The zero-order valence-corrected chi connectivity index (χ0v) is 13.2. The van der Waals surface area contributed by atoms with Gasteiger partial charge in [0.2, 0.25) is 0 Å². The van der Waals surface area contributed by atoms with Gasteiger partial charge in [0.1, 0.15) is 12.1 Å². The summed E-state index contributed by atoms with van der Waals surface area (Å²) < 4.78 is 37.0. The number of pyridine rings is 1. The summed E-state index contributed by atoms with van der Waals surface area (Å²) in [5.74, 6) is -0.576. The van der Waals surface area contributed by atoms with Gasteiger partial charge in [-0.15, -0.1) is 0 Å². The Morgan fingerprint density at radius 2 is 2.00 bits per heavy atom. The summed E-state index contributed by atoms with van der Waals surface area (Å²) in [6.07, 6.45) is 2.96. The van der Waals surface area contributed by atoms with Crippen LogP contribution in [0.15, 0.2) is 48.9 Å². The molecule has 0 spiro atoms. The molecule has 0 aliphatic rings. The SMILES string of the molecule is O=S([O-])Cc1ccc(-n2cnc(Cl)c2-c2ccccc2F)cn1. The number of nitrogens with zero attached hydrogens (tertiary/aromatic N) is 3. The highest BCUT2D eigenvalue weighted by Crippen LogP contribution is 2.31. The van der Waals surface area contributed by atoms with Crippen molar-refractivity contribution in [3.63, 3.8) is 0 Å². The molecular formula is C15H10ClFN3O2S-. The Morgan fingerprint density at radius 3 is 2.65 bits per heavy atom. The minimum Gasteiger partial charge on any atom is -0.772 e. The molecule has 0 fully saturated rings. The highest BCUT2D eigenvalue weighted by atomic mass is 35.5. The number of hydrogen-bond donors (Lipinski definition) is 0. The van der Waals surface area contributed by atoms with Crippen molar-refractivity contribution in [2.45, 2.75) is 5.75 Å². The number of rotatable bonds is 4. The van der Waals surface area contributed by atoms with E-state index in [4.69, 9.17) is 11.6 Å². The highest BCUT2D eigenvalue weighted by molar-refractivity contribution is 7.78. The summed E-state index contributed by atoms with van der Waals surface area (Å²) >= 11 is 3.90. The average Bonchev–Trinajstić information content (AvgIpc) is 2.90. The molecule has 0 aliphatic carbocycles. The molecule has 8 heteroatoms. The molecule has 0 amide bonds. The largest absolute Gasteiger partial charge is 0.772 e. The van der Waals surface area contributed by atoms with Crippen LogP contribution in [0.2, 0.25) is 5.15 Å². The molecule has 118 valence electrons. The van der Waals surface area contributed by atoms with Crippen LogP contribution in [0.1, 0.15) is 5.69 Å². The van der Waals surface area contributed by atoms with Crippen LogP contribution in [-0.4, -0.2) is 23.3 Å². The quantitative estimate of drug-likeness (QED) is 0.678. The molecule has 0 N–H and O–H groups in total. The Bertz CT molecular complexity index is 867. The Morgan fingerprint density at radius 1 is 1.22 bits per heavy atom. The van der Waals surface area contributed by atoms with E-state index in [2.05, 4.69) is 9.97 Å². The van der Waals surface area contributed by atoms with E-state index in [-0.39, 0.29) is 10.9 Å². The molecule has 0 saturated heterocycles. The van der Waals surface area contributed by atoms with Gasteiger partial charge in [0.05, 0.1) is 29.0 Å². The summed E-state index contributed by atoms with van der Waals surface area (Å²) in [5.41, 5.74) is 1.75. The third-order valence-electron chi connectivity index (χ3n) is 3.20. The smallest absolute Gasteiger partial charge is 0.155 e. The van der Waals surface area contributed by atoms with Gasteiger partial charge >= 0.3 is 0 Å². The standard InChI is InChI=1S/C15H11ClFN3O2S/c16-15-14(12-3-1-2-4-13(12)17)20(9-19-15)11-6-5-10(18-7-11)8-23(21)22/h1-7,9H,8H2,(H,21,22)/p-1. The first-order valence-corrected chi connectivity index (χ1v) is 8.17. The molecule has 5 nitrogen and oxygen atoms in total. The first-order valence-electron chi connectivity index (χ1n) is 6.55. The van der Waals surface area contributed by atoms with Gasteiger partial charge in [0.25, 0.3) is 0 Å². The van der Waals surface area contributed by atoms with Gasteiger partial charge in [-0.05, 0) is 35.3 Å². The van der Waals surface area contributed by atoms with E-state index in [0.29, 0.717) is 22.6 Å². The molecule has 3 aromatic rings. The number of benzene rings is 1. The number of imidazole rings is 1. The average molecular weight is 351 g/mol. The van der Waals surface area contributed by atoms with E-state index in [9.17, 15) is 13.2 Å². The maximum absolute atomic E-state index is 14.1. The van der Waals surface area contributed by atoms with E-state index in [1.807, 2.05) is 0 Å². The molecule has 1 atom stereocenters. The van der Waals surface area contributed by atoms with Crippen molar-refractivity contribution in [2.24, 2.45) is 0 Å². The van der Waals surface area contributed by atoms with E-state index in [1.165, 1.54) is 18.6 Å². The van der Waals surface area contributed by atoms with Gasteiger partial charge in [-0.3, -0.25) is 13.8 Å². The lowest BCUT2D eigenvalue weighted by atomic mass is 10.1. The fraction of sp³-hybridized carbons (Fsp3) is 0.0667. The minimum absolute atomic E-state index is 0.162. The van der Waals surface area contributed by atoms with Crippen molar-refractivity contribution in [3.05, 3.63) is 65.6 Å². The van der Waals surface area contributed by atoms with E-state index in [1.54, 1.807) is 34.9 Å². The van der Waals surface area contributed by atoms with Crippen molar-refractivity contribution in [2.75, 3.05) is 0 Å². The lowest BCUT2D eigenvalue weighted by Crippen LogP contribution is -2.01. The predicted octanol–water partition coefficient (Wildman–Crippen LogP) is 3.11. The minimum atomic E-state index is -2.20. The summed E-state index contributed by atoms with van der Waals surface area (Å²) in [6, 6.07) is 9.51. The van der Waals surface area contributed by atoms with Gasteiger partial charge in [0, 0.05) is 5.56 Å². The second kappa shape index (κ2) is 6.57. The fourth-order valence-electron chi connectivity index (χ4n) is 2.18. The van der Waals surface area contributed by atoms with Crippen LogP contribution >= 0.6 is 11.6 Å². The molecule has 2 aromatic heterocycles. The van der Waals surface area contributed by atoms with Crippen molar-refractivity contribution in [3.8, 4) is 16.9 Å². The van der Waals surface area contributed by atoms with E-state index < -0.39 is 16.9 Å². The third-order valence-corrected chi connectivity index (χ3v) is 4.01. The zero-order valence-electron chi connectivity index (χ0n) is 11.6.